The van der Waals surface area contributed by atoms with E-state index in [4.69, 9.17) is 0 Å². The molecule has 83 valence electrons. The highest BCUT2D eigenvalue weighted by atomic mass is 79.9. The Hall–Kier alpha value is -0.860. The molecule has 0 atom stereocenters. The summed E-state index contributed by atoms with van der Waals surface area (Å²) in [5, 5.41) is 7.05. The number of benzene rings is 2. The topological polar surface area (TPSA) is 14.1 Å². The van der Waals surface area contributed by atoms with Crippen LogP contribution in [0.4, 0.5) is 0 Å². The van der Waals surface area contributed by atoms with Crippen LogP contribution in [-0.4, -0.2) is 6.04 Å². The molecule has 0 N–H and O–H groups in total. The third-order valence-electron chi connectivity index (χ3n) is 2.51. The van der Waals surface area contributed by atoms with E-state index < -0.39 is 0 Å². The molecule has 0 aliphatic rings. The van der Waals surface area contributed by atoms with Crippen LogP contribution in [0.1, 0.15) is 19.4 Å². The van der Waals surface area contributed by atoms with Gasteiger partial charge in [0.2, 0.25) is 0 Å². The van der Waals surface area contributed by atoms with Crippen molar-refractivity contribution in [3.63, 3.8) is 0 Å². The van der Waals surface area contributed by atoms with Crippen molar-refractivity contribution in [2.45, 2.75) is 26.4 Å². The summed E-state index contributed by atoms with van der Waals surface area (Å²) in [4.78, 5) is 0. The van der Waals surface area contributed by atoms with Crippen molar-refractivity contribution in [2.75, 3.05) is 0 Å². The maximum Gasteiger partial charge on any atom is 0.0387 e. The second-order valence-corrected chi connectivity index (χ2v) is 5.09. The highest BCUT2D eigenvalue weighted by Gasteiger charge is 2.02. The molecule has 1 nitrogen and oxygen atoms in total. The van der Waals surface area contributed by atoms with Crippen LogP contribution in [0, 0.1) is 0 Å². The maximum atomic E-state index is 4.52. The fraction of sp³-hybridized carbons (Fsp3) is 0.286. The first-order valence-electron chi connectivity index (χ1n) is 5.50. The first-order valence-corrected chi connectivity index (χ1v) is 6.30. The number of halogens is 1. The smallest absolute Gasteiger partial charge is 0.0387 e. The Morgan fingerprint density at radius 2 is 1.94 bits per heavy atom. The summed E-state index contributed by atoms with van der Waals surface area (Å²) in [6, 6.07) is 13.2. The molecule has 0 aromatic heterocycles. The molecule has 0 fully saturated rings. The second-order valence-electron chi connectivity index (χ2n) is 4.23. The minimum Gasteiger partial charge on any atom is -0.234 e. The van der Waals surface area contributed by atoms with Gasteiger partial charge in [-0.2, -0.15) is 0 Å². The summed E-state index contributed by atoms with van der Waals surface area (Å²) < 4.78 is 1.15. The van der Waals surface area contributed by atoms with Crippen molar-refractivity contribution in [3.05, 3.63) is 46.4 Å². The Bertz CT molecular complexity index is 491. The fourth-order valence-corrected chi connectivity index (χ4v) is 2.36. The number of hydrogen-bond donors (Lipinski definition) is 0. The third kappa shape index (κ3) is 2.63. The van der Waals surface area contributed by atoms with E-state index in [9.17, 15) is 0 Å². The zero-order chi connectivity index (χ0) is 11.5. The normalized spacial score (nSPS) is 11.2. The molecule has 2 rings (SSSR count). The number of rotatable bonds is 3. The standard InChI is InChI=1S/C14H15BrN/c1-10(2)16-9-11-7-12-5-3-4-6-13(12)14(15)8-11/h3-8,10H,9H2,1-2H3. The van der Waals surface area contributed by atoms with Gasteiger partial charge >= 0.3 is 0 Å². The van der Waals surface area contributed by atoms with Gasteiger partial charge in [0, 0.05) is 17.1 Å². The van der Waals surface area contributed by atoms with Crippen molar-refractivity contribution >= 4 is 26.7 Å². The predicted octanol–water partition coefficient (Wildman–Crippen LogP) is 4.12. The zero-order valence-electron chi connectivity index (χ0n) is 9.57. The van der Waals surface area contributed by atoms with Gasteiger partial charge in [-0.1, -0.05) is 40.2 Å². The van der Waals surface area contributed by atoms with Crippen molar-refractivity contribution < 1.29 is 0 Å². The molecular weight excluding hydrogens is 262 g/mol. The summed E-state index contributed by atoms with van der Waals surface area (Å²) in [5.74, 6) is 0. The average molecular weight is 277 g/mol. The van der Waals surface area contributed by atoms with Gasteiger partial charge < -0.3 is 0 Å². The summed E-state index contributed by atoms with van der Waals surface area (Å²) in [7, 11) is 0. The van der Waals surface area contributed by atoms with Crippen LogP contribution in [0.5, 0.6) is 0 Å². The largest absolute Gasteiger partial charge is 0.234 e. The van der Waals surface area contributed by atoms with E-state index in [1.807, 2.05) is 0 Å². The van der Waals surface area contributed by atoms with Gasteiger partial charge in [0.15, 0.2) is 0 Å². The number of fused-ring (bicyclic) bond motifs is 1. The van der Waals surface area contributed by atoms with Crippen LogP contribution in [-0.2, 0) is 6.54 Å². The molecule has 0 aliphatic heterocycles. The Labute approximate surface area is 105 Å². The Kier molecular flexibility index (Phi) is 3.62. The van der Waals surface area contributed by atoms with Gasteiger partial charge in [-0.3, -0.25) is 0 Å². The first kappa shape index (κ1) is 11.6. The lowest BCUT2D eigenvalue weighted by molar-refractivity contribution is 0.575. The Balaban J connectivity index is 2.34. The van der Waals surface area contributed by atoms with Crippen LogP contribution in [0.15, 0.2) is 40.9 Å². The number of nitrogens with zero attached hydrogens (tertiary/aromatic N) is 1. The fourth-order valence-electron chi connectivity index (χ4n) is 1.70. The highest BCUT2D eigenvalue weighted by molar-refractivity contribution is 9.10. The van der Waals surface area contributed by atoms with E-state index in [0.717, 1.165) is 11.0 Å². The van der Waals surface area contributed by atoms with E-state index in [1.54, 1.807) is 0 Å². The van der Waals surface area contributed by atoms with Crippen molar-refractivity contribution in [1.29, 1.82) is 0 Å². The Morgan fingerprint density at radius 1 is 1.19 bits per heavy atom. The molecule has 0 unspecified atom stereocenters. The molecule has 2 heteroatoms. The number of hydrogen-bond acceptors (Lipinski definition) is 0. The monoisotopic (exact) mass is 276 g/mol. The van der Waals surface area contributed by atoms with Gasteiger partial charge in [-0.15, -0.1) is 0 Å². The van der Waals surface area contributed by atoms with E-state index in [-0.39, 0.29) is 0 Å². The molecule has 0 heterocycles. The first-order chi connectivity index (χ1) is 7.66. The zero-order valence-corrected chi connectivity index (χ0v) is 11.2. The average Bonchev–Trinajstić information content (AvgIpc) is 2.26. The molecule has 0 bridgehead atoms. The Morgan fingerprint density at radius 3 is 2.69 bits per heavy atom. The van der Waals surface area contributed by atoms with E-state index >= 15 is 0 Å². The van der Waals surface area contributed by atoms with Crippen LogP contribution in [0.3, 0.4) is 0 Å². The lowest BCUT2D eigenvalue weighted by Crippen LogP contribution is -2.13. The van der Waals surface area contributed by atoms with Gasteiger partial charge in [0.25, 0.3) is 0 Å². The second kappa shape index (κ2) is 4.98. The molecule has 0 amide bonds. The maximum absolute atomic E-state index is 4.52. The van der Waals surface area contributed by atoms with E-state index in [2.05, 4.69) is 71.5 Å². The molecule has 0 saturated heterocycles. The molecule has 2 aromatic carbocycles. The van der Waals surface area contributed by atoms with Crippen LogP contribution in [0.2, 0.25) is 0 Å². The lowest BCUT2D eigenvalue weighted by atomic mass is 10.1. The molecule has 16 heavy (non-hydrogen) atoms. The van der Waals surface area contributed by atoms with Crippen molar-refractivity contribution in [2.24, 2.45) is 0 Å². The van der Waals surface area contributed by atoms with Gasteiger partial charge in [0.1, 0.15) is 0 Å². The summed E-state index contributed by atoms with van der Waals surface area (Å²) in [5.41, 5.74) is 1.26. The van der Waals surface area contributed by atoms with Crippen LogP contribution < -0.4 is 5.32 Å². The molecular formula is C14H15BrN. The van der Waals surface area contributed by atoms with Crippen molar-refractivity contribution in [3.8, 4) is 0 Å². The summed E-state index contributed by atoms with van der Waals surface area (Å²) in [6.45, 7) is 5.01. The SMILES string of the molecule is CC(C)[N]Cc1cc(Br)c2ccccc2c1. The molecule has 0 spiro atoms. The quantitative estimate of drug-likeness (QED) is 0.801. The lowest BCUT2D eigenvalue weighted by Gasteiger charge is -2.08. The third-order valence-corrected chi connectivity index (χ3v) is 3.17. The highest BCUT2D eigenvalue weighted by Crippen LogP contribution is 2.25. The molecule has 1 radical (unpaired) electrons. The molecule has 2 aromatic rings. The van der Waals surface area contributed by atoms with E-state index in [0.29, 0.717) is 6.04 Å². The van der Waals surface area contributed by atoms with Crippen LogP contribution >= 0.6 is 15.9 Å². The molecule has 0 saturated carbocycles. The minimum atomic E-state index is 0.394. The van der Waals surface area contributed by atoms with Gasteiger partial charge in [0.05, 0.1) is 0 Å². The molecule has 0 aliphatic carbocycles. The van der Waals surface area contributed by atoms with Crippen molar-refractivity contribution in [1.82, 2.24) is 5.32 Å². The summed E-state index contributed by atoms with van der Waals surface area (Å²) in [6.07, 6.45) is 0. The summed E-state index contributed by atoms with van der Waals surface area (Å²) >= 11 is 3.61. The van der Waals surface area contributed by atoms with Gasteiger partial charge in [-0.05, 0) is 42.3 Å². The minimum absolute atomic E-state index is 0.394. The van der Waals surface area contributed by atoms with Crippen LogP contribution in [0.25, 0.3) is 10.8 Å². The van der Waals surface area contributed by atoms with E-state index in [1.165, 1.54) is 16.3 Å². The van der Waals surface area contributed by atoms with Gasteiger partial charge in [-0.25, -0.2) is 5.32 Å². The predicted molar refractivity (Wildman–Crippen MR) is 72.6 cm³/mol.